The zero-order valence-electron chi connectivity index (χ0n) is 38.3. The summed E-state index contributed by atoms with van der Waals surface area (Å²) in [5.41, 5.74) is 23.8. The molecule has 1 spiro atoms. The van der Waals surface area contributed by atoms with E-state index in [1.54, 1.807) is 0 Å². The molecule has 7 aromatic carbocycles. The second-order valence-electron chi connectivity index (χ2n) is 20.4. The first-order valence-corrected chi connectivity index (χ1v) is 22.8. The van der Waals surface area contributed by atoms with E-state index in [1.807, 2.05) is 0 Å². The summed E-state index contributed by atoms with van der Waals surface area (Å²) in [6.45, 7) is 20.5. The van der Waals surface area contributed by atoms with Gasteiger partial charge < -0.3 is 4.74 Å². The highest BCUT2D eigenvalue weighted by Gasteiger charge is 2.69. The van der Waals surface area contributed by atoms with Gasteiger partial charge in [0.05, 0.1) is 5.56 Å². The Morgan fingerprint density at radius 1 is 0.500 bits per heavy atom. The summed E-state index contributed by atoms with van der Waals surface area (Å²) in [5.74, 6) is 0.969. The van der Waals surface area contributed by atoms with E-state index in [1.165, 1.54) is 77.9 Å². The van der Waals surface area contributed by atoms with E-state index in [2.05, 4.69) is 234 Å². The Bertz CT molecular complexity index is 3430. The second-order valence-corrected chi connectivity index (χ2v) is 20.4. The molecule has 4 heteroatoms. The SMILES string of the molecule is Cc1cc(C)c2c(c1)-c1n(-c3cc(-c4ccccc4)c(C)cc3-c3ccc(C(C)(C)C)cc3)c3cccc4c3[n+]1C1(O2)c2c-4cc(C(C)(C)C)cc2-c2cc(-c3ccccc3)cc[n+]21. The van der Waals surface area contributed by atoms with Gasteiger partial charge in [0.15, 0.2) is 23.0 Å². The third-order valence-corrected chi connectivity index (χ3v) is 14.1. The van der Waals surface area contributed by atoms with Crippen LogP contribution < -0.4 is 13.9 Å². The molecule has 2 aromatic heterocycles. The molecule has 0 saturated carbocycles. The minimum Gasteiger partial charge on any atom is -0.392 e. The van der Waals surface area contributed by atoms with Crippen molar-refractivity contribution < 1.29 is 13.9 Å². The molecule has 12 rings (SSSR count). The quantitative estimate of drug-likeness (QED) is 0.162. The monoisotopic (exact) mass is 831 g/mol. The number of hydrogen-bond acceptors (Lipinski definition) is 1. The number of rotatable bonds is 4. The van der Waals surface area contributed by atoms with Crippen LogP contribution in [0.25, 0.3) is 83.9 Å². The van der Waals surface area contributed by atoms with Gasteiger partial charge in [-0.05, 0) is 130 Å². The lowest BCUT2D eigenvalue weighted by Crippen LogP contribution is -2.78. The van der Waals surface area contributed by atoms with Crippen LogP contribution in [0.1, 0.15) is 74.9 Å². The van der Waals surface area contributed by atoms with Crippen LogP contribution in [0.5, 0.6) is 5.75 Å². The molecular weight excluding hydrogens is 779 g/mol. The van der Waals surface area contributed by atoms with Crippen LogP contribution in [0, 0.1) is 20.8 Å². The van der Waals surface area contributed by atoms with Crippen LogP contribution in [-0.4, -0.2) is 4.57 Å². The topological polar surface area (TPSA) is 21.9 Å². The van der Waals surface area contributed by atoms with Crippen molar-refractivity contribution in [2.45, 2.75) is 79.0 Å². The molecule has 0 amide bonds. The molecule has 0 radical (unpaired) electrons. The number of aryl methyl sites for hydroxylation is 3. The Morgan fingerprint density at radius 3 is 1.88 bits per heavy atom. The van der Waals surface area contributed by atoms with Crippen LogP contribution >= 0.6 is 0 Å². The van der Waals surface area contributed by atoms with Gasteiger partial charge in [-0.25, -0.2) is 0 Å². The number of fused-ring (bicyclic) bond motifs is 5. The van der Waals surface area contributed by atoms with Gasteiger partial charge in [-0.2, -0.15) is 4.57 Å². The van der Waals surface area contributed by atoms with Crippen molar-refractivity contribution in [2.75, 3.05) is 0 Å². The van der Waals surface area contributed by atoms with Gasteiger partial charge in [-0.1, -0.05) is 139 Å². The number of nitrogens with zero attached hydrogens (tertiary/aromatic N) is 3. The van der Waals surface area contributed by atoms with Gasteiger partial charge in [-0.3, -0.25) is 0 Å². The molecular formula is C60H53N3O+2. The first-order chi connectivity index (χ1) is 30.7. The van der Waals surface area contributed by atoms with Crippen LogP contribution in [0.4, 0.5) is 0 Å². The highest BCUT2D eigenvalue weighted by molar-refractivity contribution is 5.99. The summed E-state index contributed by atoms with van der Waals surface area (Å²) >= 11 is 0. The molecule has 1 atom stereocenters. The summed E-state index contributed by atoms with van der Waals surface area (Å²) in [6, 6.07) is 56.9. The van der Waals surface area contributed by atoms with Crippen molar-refractivity contribution in [1.29, 1.82) is 0 Å². The molecule has 3 aliphatic rings. The lowest BCUT2D eigenvalue weighted by Gasteiger charge is -2.33. The van der Waals surface area contributed by atoms with Crippen molar-refractivity contribution in [3.63, 3.8) is 0 Å². The fourth-order valence-electron chi connectivity index (χ4n) is 11.0. The van der Waals surface area contributed by atoms with E-state index in [0.29, 0.717) is 0 Å². The Morgan fingerprint density at radius 2 is 1.17 bits per heavy atom. The van der Waals surface area contributed by atoms with E-state index in [0.717, 1.165) is 45.1 Å². The molecule has 9 aromatic rings. The zero-order chi connectivity index (χ0) is 44.0. The minimum atomic E-state index is -1.05. The maximum Gasteiger partial charge on any atom is 0.499 e. The zero-order valence-corrected chi connectivity index (χ0v) is 38.3. The van der Waals surface area contributed by atoms with Gasteiger partial charge >= 0.3 is 11.7 Å². The third kappa shape index (κ3) is 5.35. The van der Waals surface area contributed by atoms with E-state index < -0.39 is 5.85 Å². The maximum absolute atomic E-state index is 7.89. The third-order valence-electron chi connectivity index (χ3n) is 14.1. The standard InChI is InChI=1S/C60H53N3O/c1-36-29-38(3)56-50(30-36)57-62(53-35-46(40-19-14-11-15-20-40)37(2)31-47(53)41-23-25-43(26-24-41)58(4,5)6)51-22-16-21-45-48-33-44(59(7,8)9)34-49-52-32-42(39-17-12-10-13-18-39)27-28-61(52)60(64-56,54(48)49)63(57)55(45)51/h10-35H,1-9H3/q+2. The van der Waals surface area contributed by atoms with Crippen molar-refractivity contribution in [3.8, 4) is 78.6 Å². The Labute approximate surface area is 376 Å². The van der Waals surface area contributed by atoms with E-state index in [9.17, 15) is 0 Å². The second kappa shape index (κ2) is 13.2. The number of benzene rings is 7. The molecule has 0 bridgehead atoms. The van der Waals surface area contributed by atoms with Crippen LogP contribution in [-0.2, 0) is 16.7 Å². The number of imidazole rings is 1. The first-order valence-electron chi connectivity index (χ1n) is 22.8. The highest BCUT2D eigenvalue weighted by atomic mass is 16.5. The Kier molecular flexibility index (Phi) is 7.99. The van der Waals surface area contributed by atoms with Gasteiger partial charge in [0, 0.05) is 28.8 Å². The van der Waals surface area contributed by atoms with Gasteiger partial charge in [0.2, 0.25) is 5.69 Å². The van der Waals surface area contributed by atoms with E-state index >= 15 is 0 Å². The van der Waals surface area contributed by atoms with Crippen LogP contribution in [0.15, 0.2) is 158 Å². The van der Waals surface area contributed by atoms with Crippen LogP contribution in [0.3, 0.4) is 0 Å². The van der Waals surface area contributed by atoms with Crippen molar-refractivity contribution in [2.24, 2.45) is 0 Å². The first kappa shape index (κ1) is 38.6. The van der Waals surface area contributed by atoms with Gasteiger partial charge in [-0.15, -0.1) is 9.13 Å². The average Bonchev–Trinajstić information content (AvgIpc) is 3.78. The summed E-state index contributed by atoms with van der Waals surface area (Å²) < 4.78 is 15.5. The number of aromatic nitrogens is 3. The van der Waals surface area contributed by atoms with E-state index in [-0.39, 0.29) is 10.8 Å². The normalized spacial score (nSPS) is 15.5. The van der Waals surface area contributed by atoms with E-state index in [4.69, 9.17) is 4.74 Å². The number of hydrogen-bond donors (Lipinski definition) is 0. The molecule has 0 aliphatic carbocycles. The number of para-hydroxylation sites is 1. The highest BCUT2D eigenvalue weighted by Crippen LogP contribution is 2.55. The summed E-state index contributed by atoms with van der Waals surface area (Å²) in [6.07, 6.45) is 2.28. The summed E-state index contributed by atoms with van der Waals surface area (Å²) in [5, 5.41) is 0. The summed E-state index contributed by atoms with van der Waals surface area (Å²) in [4.78, 5) is 0. The lowest BCUT2D eigenvalue weighted by molar-refractivity contribution is -0.997. The predicted molar refractivity (Wildman–Crippen MR) is 261 cm³/mol. The Hall–Kier alpha value is -7.04. The fraction of sp³-hybridized carbons (Fsp3) is 0.200. The predicted octanol–water partition coefficient (Wildman–Crippen LogP) is 14.0. The fourth-order valence-corrected chi connectivity index (χ4v) is 11.0. The summed E-state index contributed by atoms with van der Waals surface area (Å²) in [7, 11) is 0. The van der Waals surface area contributed by atoms with Crippen molar-refractivity contribution in [1.82, 2.24) is 4.57 Å². The average molecular weight is 832 g/mol. The molecule has 0 N–H and O–H groups in total. The molecule has 5 heterocycles. The lowest BCUT2D eigenvalue weighted by atomic mass is 9.80. The van der Waals surface area contributed by atoms with Gasteiger partial charge in [0.25, 0.3) is 0 Å². The largest absolute Gasteiger partial charge is 0.499 e. The molecule has 64 heavy (non-hydrogen) atoms. The van der Waals surface area contributed by atoms with Crippen molar-refractivity contribution in [3.05, 3.63) is 191 Å². The number of ether oxygens (including phenoxy) is 1. The van der Waals surface area contributed by atoms with Crippen molar-refractivity contribution >= 4 is 11.0 Å². The van der Waals surface area contributed by atoms with Crippen LogP contribution in [0.2, 0.25) is 0 Å². The molecule has 0 fully saturated rings. The molecule has 0 saturated heterocycles. The molecule has 1 unspecified atom stereocenters. The number of pyridine rings is 1. The molecule has 4 nitrogen and oxygen atoms in total. The smallest absolute Gasteiger partial charge is 0.392 e. The molecule has 3 aliphatic heterocycles. The maximum atomic E-state index is 7.89. The van der Waals surface area contributed by atoms with Gasteiger partial charge in [0.1, 0.15) is 16.8 Å². The minimum absolute atomic E-state index is 0.0397. The Balaban J connectivity index is 1.26. The molecule has 312 valence electrons.